The number of carbonyl (C=O) groups is 1. The number of esters is 1. The van der Waals surface area contributed by atoms with E-state index in [4.69, 9.17) is 15.9 Å². The van der Waals surface area contributed by atoms with E-state index in [0.29, 0.717) is 29.5 Å². The lowest BCUT2D eigenvalue weighted by Gasteiger charge is -2.19. The maximum Gasteiger partial charge on any atom is 0.306 e. The second-order valence-electron chi connectivity index (χ2n) is 8.92. The highest BCUT2D eigenvalue weighted by molar-refractivity contribution is 9.08. The number of carbonyl (C=O) groups excluding carboxylic acids is 1. The topological polar surface area (TPSA) is 122 Å². The van der Waals surface area contributed by atoms with Crippen LogP contribution in [0, 0.1) is 79.9 Å². The summed E-state index contributed by atoms with van der Waals surface area (Å²) in [5.41, 5.74) is 0.967. The normalized spacial score (nSPS) is 8.84. The lowest BCUT2D eigenvalue weighted by atomic mass is 10.2. The minimum atomic E-state index is -0.484. The molecule has 2 rings (SSSR count). The molecule has 2 aromatic rings. The molecule has 9 nitrogen and oxygen atoms in total. The van der Waals surface area contributed by atoms with Gasteiger partial charge >= 0.3 is 5.97 Å². The van der Waals surface area contributed by atoms with Crippen molar-refractivity contribution < 1.29 is 24.1 Å². The minimum Gasteiger partial charge on any atom is -0.460 e. The lowest BCUT2D eigenvalue weighted by Crippen LogP contribution is -2.23. The van der Waals surface area contributed by atoms with Crippen LogP contribution in [0.1, 0.15) is 51.7 Å². The third kappa shape index (κ3) is 19.6. The van der Waals surface area contributed by atoms with E-state index in [2.05, 4.69) is 69.2 Å². The summed E-state index contributed by atoms with van der Waals surface area (Å²) in [7, 11) is 0. The Kier molecular flexibility index (Phi) is 20.0. The van der Waals surface area contributed by atoms with Crippen LogP contribution in [0.5, 0.6) is 0 Å². The number of nitro benzene ring substituents is 2. The summed E-state index contributed by atoms with van der Waals surface area (Å²) in [5, 5.41) is 21.7. The second-order valence-corrected chi connectivity index (χ2v) is 9.48. The number of rotatable bonds is 9. The van der Waals surface area contributed by atoms with E-state index < -0.39 is 10.5 Å². The van der Waals surface area contributed by atoms with Gasteiger partial charge in [0.25, 0.3) is 11.4 Å². The molecule has 10 heteroatoms. The van der Waals surface area contributed by atoms with E-state index in [9.17, 15) is 25.0 Å². The van der Waals surface area contributed by atoms with Crippen molar-refractivity contribution in [2.45, 2.75) is 58.1 Å². The van der Waals surface area contributed by atoms with Crippen LogP contribution in [-0.4, -0.2) is 28.0 Å². The molecule has 0 aromatic heterocycles. The summed E-state index contributed by atoms with van der Waals surface area (Å²) in [6.07, 6.45) is 5.64. The van der Waals surface area contributed by atoms with Crippen LogP contribution in [-0.2, 0) is 26.2 Å². The minimum absolute atomic E-state index is 0.0460. The van der Waals surface area contributed by atoms with E-state index in [1.807, 2.05) is 20.8 Å². The summed E-state index contributed by atoms with van der Waals surface area (Å²) in [5.74, 6) is 21.7. The third-order valence-corrected chi connectivity index (χ3v) is 5.04. The van der Waals surface area contributed by atoms with Gasteiger partial charge in [0.05, 0.1) is 22.0 Å². The summed E-state index contributed by atoms with van der Waals surface area (Å²) < 4.78 is 10.5. The van der Waals surface area contributed by atoms with Crippen LogP contribution in [0.3, 0.4) is 0 Å². The Morgan fingerprint density at radius 3 is 1.81 bits per heavy atom. The molecular weight excluding hydrogens is 616 g/mol. The predicted octanol–water partition coefficient (Wildman–Crippen LogP) is 6.38. The molecule has 0 saturated heterocycles. The molecule has 0 radical (unpaired) electrons. The van der Waals surface area contributed by atoms with E-state index in [-0.39, 0.29) is 35.3 Å². The molecule has 0 amide bonds. The first kappa shape index (κ1) is 38.0. The molecule has 0 aliphatic rings. The molecule has 222 valence electrons. The van der Waals surface area contributed by atoms with Crippen molar-refractivity contribution in [3.05, 3.63) is 79.9 Å². The zero-order chi connectivity index (χ0) is 32.5. The molecule has 0 unspecified atom stereocenters. The van der Waals surface area contributed by atoms with Crippen LogP contribution < -0.4 is 0 Å². The van der Waals surface area contributed by atoms with E-state index in [0.717, 1.165) is 0 Å². The zero-order valence-electron chi connectivity index (χ0n) is 24.4. The highest BCUT2D eigenvalue weighted by atomic mass is 79.9. The third-order valence-electron chi connectivity index (χ3n) is 4.44. The van der Waals surface area contributed by atoms with Crippen molar-refractivity contribution in [3.8, 4) is 59.7 Å². The van der Waals surface area contributed by atoms with Gasteiger partial charge in [-0.25, -0.2) is 0 Å². The second kappa shape index (κ2) is 22.6. The fourth-order valence-corrected chi connectivity index (χ4v) is 3.24. The van der Waals surface area contributed by atoms with Crippen molar-refractivity contribution in [1.82, 2.24) is 0 Å². The lowest BCUT2D eigenvalue weighted by molar-refractivity contribution is -0.386. The van der Waals surface area contributed by atoms with Crippen molar-refractivity contribution in [2.24, 2.45) is 0 Å². The van der Waals surface area contributed by atoms with Crippen LogP contribution in [0.4, 0.5) is 11.4 Å². The predicted molar refractivity (Wildman–Crippen MR) is 169 cm³/mol. The van der Waals surface area contributed by atoms with Gasteiger partial charge in [-0.3, -0.25) is 25.0 Å². The van der Waals surface area contributed by atoms with Crippen LogP contribution in [0.2, 0.25) is 0 Å². The number of alkyl halides is 1. The zero-order valence-corrected chi connectivity index (χ0v) is 25.9. The quantitative estimate of drug-likeness (QED) is 0.0774. The fraction of sp³-hybridized carbons (Fsp3) is 0.303. The van der Waals surface area contributed by atoms with Crippen molar-refractivity contribution in [3.63, 3.8) is 0 Å². The molecule has 0 N–H and O–H groups in total. The number of ether oxygens (including phenoxy) is 2. The highest BCUT2D eigenvalue weighted by Gasteiger charge is 2.16. The molecule has 0 atom stereocenters. The molecular formula is C33H31BrN2O7. The largest absolute Gasteiger partial charge is 0.460 e. The average Bonchev–Trinajstić information content (AvgIpc) is 2.96. The molecule has 0 bridgehead atoms. The van der Waals surface area contributed by atoms with Crippen molar-refractivity contribution in [1.29, 1.82) is 0 Å². The number of nitro groups is 2. The molecule has 0 fully saturated rings. The van der Waals surface area contributed by atoms with Crippen LogP contribution >= 0.6 is 15.9 Å². The van der Waals surface area contributed by atoms with Gasteiger partial charge in [0, 0.05) is 36.1 Å². The Bertz CT molecular complexity index is 1520. The monoisotopic (exact) mass is 646 g/mol. The number of nitrogens with zero attached hydrogens (tertiary/aromatic N) is 2. The number of benzene rings is 2. The Morgan fingerprint density at radius 1 is 0.860 bits per heavy atom. The first-order chi connectivity index (χ1) is 20.5. The smallest absolute Gasteiger partial charge is 0.306 e. The van der Waals surface area contributed by atoms with Gasteiger partial charge in [0.2, 0.25) is 0 Å². The first-order valence-corrected chi connectivity index (χ1v) is 13.8. The summed E-state index contributed by atoms with van der Waals surface area (Å²) in [6, 6.07) is 13.1. The van der Waals surface area contributed by atoms with E-state index in [1.165, 1.54) is 12.1 Å². The summed E-state index contributed by atoms with van der Waals surface area (Å²) in [6.45, 7) is 7.67. The molecule has 0 aliphatic heterocycles. The van der Waals surface area contributed by atoms with E-state index >= 15 is 0 Å². The summed E-state index contributed by atoms with van der Waals surface area (Å²) in [4.78, 5) is 31.8. The molecule has 0 aliphatic carbocycles. The number of terminal acetylenes is 1. The molecule has 2 aromatic carbocycles. The van der Waals surface area contributed by atoms with Crippen LogP contribution in [0.15, 0.2) is 48.5 Å². The number of hydrogen-bond acceptors (Lipinski definition) is 7. The van der Waals surface area contributed by atoms with Crippen LogP contribution in [0.25, 0.3) is 0 Å². The Morgan fingerprint density at radius 2 is 1.35 bits per heavy atom. The maximum atomic E-state index is 11.5. The van der Waals surface area contributed by atoms with Gasteiger partial charge in [-0.05, 0) is 87.5 Å². The van der Waals surface area contributed by atoms with Crippen molar-refractivity contribution >= 4 is 33.3 Å². The van der Waals surface area contributed by atoms with Gasteiger partial charge in [-0.15, -0.1) is 6.42 Å². The van der Waals surface area contributed by atoms with Gasteiger partial charge in [-0.1, -0.05) is 52.2 Å². The Balaban J connectivity index is 0.000000677. The number of halogens is 1. The Hall–Kier alpha value is -5.05. The highest BCUT2D eigenvalue weighted by Crippen LogP contribution is 2.20. The number of hydrogen-bond donors (Lipinski definition) is 0. The van der Waals surface area contributed by atoms with Gasteiger partial charge in [0.1, 0.15) is 5.60 Å². The fourth-order valence-electron chi connectivity index (χ4n) is 2.76. The van der Waals surface area contributed by atoms with Gasteiger partial charge in [-0.2, -0.15) is 0 Å². The SMILES string of the molecule is C#CC#CC#CC#CC#CC.CC(C)(C)OC(=O)CCCOCc1ccccc1[N+](=O)[O-].O=[N+]([O-])c1ccccc1CBr. The molecule has 0 heterocycles. The Labute approximate surface area is 261 Å². The van der Waals surface area contributed by atoms with Crippen molar-refractivity contribution in [2.75, 3.05) is 6.61 Å². The molecule has 0 spiro atoms. The molecule has 0 saturated carbocycles. The first-order valence-electron chi connectivity index (χ1n) is 12.6. The number of para-hydroxylation sites is 2. The van der Waals surface area contributed by atoms with Gasteiger partial charge in [0.15, 0.2) is 0 Å². The summed E-state index contributed by atoms with van der Waals surface area (Å²) >= 11 is 3.17. The maximum absolute atomic E-state index is 11.5. The standard InChI is InChI=1S/C15H21NO5.C11H4.C7H6BrNO2/c1-15(2,3)21-14(17)9-6-10-20-11-12-7-4-5-8-13(12)16(18)19;1-3-5-7-9-11-10-8-6-4-2;8-5-6-3-1-2-4-7(6)9(10)11/h4-5,7-8H,6,9-11H2,1-3H3;1H,2H3;1-4H,5H2. The van der Waals surface area contributed by atoms with Gasteiger partial charge < -0.3 is 9.47 Å². The average molecular weight is 648 g/mol. The molecule has 43 heavy (non-hydrogen) atoms. The van der Waals surface area contributed by atoms with E-state index in [1.54, 1.807) is 43.3 Å².